The normalized spacial score (nSPS) is 37.5. The van der Waals surface area contributed by atoms with Crippen molar-refractivity contribution in [3.8, 4) is 0 Å². The van der Waals surface area contributed by atoms with Crippen LogP contribution in [0.15, 0.2) is 0 Å². The number of amides is 2. The number of hydrogen-bond donors (Lipinski definition) is 1. The number of hydrogen-bond acceptors (Lipinski definition) is 4. The monoisotopic (exact) mass is 363 g/mol. The molecule has 6 unspecified atom stereocenters. The second-order valence-corrected chi connectivity index (χ2v) is 8.41. The molecule has 3 aliphatic rings. The van der Waals surface area contributed by atoms with E-state index in [1.165, 1.54) is 4.90 Å². The molecule has 0 radical (unpaired) electrons. The van der Waals surface area contributed by atoms with Crippen LogP contribution in [0.2, 0.25) is 0 Å². The minimum Gasteiger partial charge on any atom is -0.481 e. The zero-order valence-electron chi connectivity index (χ0n) is 15.6. The third-order valence-corrected chi connectivity index (χ3v) is 6.96. The van der Waals surface area contributed by atoms with Gasteiger partial charge < -0.3 is 5.11 Å². The second-order valence-electron chi connectivity index (χ2n) is 8.41. The average molecular weight is 363 g/mol. The van der Waals surface area contributed by atoms with Gasteiger partial charge in [-0.1, -0.05) is 6.92 Å². The SMILES string of the molecule is CCC(=O)C1CCC(CC2CCC3C(=O)N(C)C(=O)C3C2)CC1C(=O)O. The summed E-state index contributed by atoms with van der Waals surface area (Å²) < 4.78 is 0. The molecule has 6 heteroatoms. The zero-order chi connectivity index (χ0) is 19.0. The highest BCUT2D eigenvalue weighted by molar-refractivity contribution is 6.04. The first-order valence-corrected chi connectivity index (χ1v) is 9.90. The van der Waals surface area contributed by atoms with E-state index in [1.54, 1.807) is 14.0 Å². The van der Waals surface area contributed by atoms with Crippen LogP contribution in [0, 0.1) is 35.5 Å². The fraction of sp³-hybridized carbons (Fsp3) is 0.800. The summed E-state index contributed by atoms with van der Waals surface area (Å²) in [6.45, 7) is 1.79. The van der Waals surface area contributed by atoms with Gasteiger partial charge in [0, 0.05) is 19.4 Å². The number of nitrogens with zero attached hydrogens (tertiary/aromatic N) is 1. The smallest absolute Gasteiger partial charge is 0.307 e. The maximum Gasteiger partial charge on any atom is 0.307 e. The van der Waals surface area contributed by atoms with Gasteiger partial charge in [0.1, 0.15) is 5.78 Å². The van der Waals surface area contributed by atoms with E-state index in [0.717, 1.165) is 32.1 Å². The van der Waals surface area contributed by atoms with Gasteiger partial charge in [0.2, 0.25) is 11.8 Å². The van der Waals surface area contributed by atoms with Crippen molar-refractivity contribution in [2.75, 3.05) is 7.05 Å². The van der Waals surface area contributed by atoms with E-state index in [2.05, 4.69) is 0 Å². The molecule has 1 aliphatic heterocycles. The number of carbonyl (C=O) groups is 4. The number of ketones is 1. The van der Waals surface area contributed by atoms with Gasteiger partial charge in [0.25, 0.3) is 0 Å². The molecule has 3 rings (SSSR count). The molecule has 0 spiro atoms. The Kier molecular flexibility index (Phi) is 5.49. The maximum atomic E-state index is 12.3. The molecule has 26 heavy (non-hydrogen) atoms. The van der Waals surface area contributed by atoms with Crippen molar-refractivity contribution in [2.45, 2.75) is 58.3 Å². The molecule has 0 aromatic carbocycles. The third-order valence-electron chi connectivity index (χ3n) is 6.96. The molecule has 1 heterocycles. The first-order valence-electron chi connectivity index (χ1n) is 9.90. The number of carbonyl (C=O) groups excluding carboxylic acids is 3. The van der Waals surface area contributed by atoms with Gasteiger partial charge in [-0.3, -0.25) is 24.1 Å². The number of rotatable bonds is 5. The van der Waals surface area contributed by atoms with Gasteiger partial charge >= 0.3 is 5.97 Å². The summed E-state index contributed by atoms with van der Waals surface area (Å²) >= 11 is 0. The van der Waals surface area contributed by atoms with Gasteiger partial charge in [0.15, 0.2) is 0 Å². The largest absolute Gasteiger partial charge is 0.481 e. The minimum absolute atomic E-state index is 0.0389. The van der Waals surface area contributed by atoms with Gasteiger partial charge in [-0.25, -0.2) is 0 Å². The number of likely N-dealkylation sites (tertiary alicyclic amines) is 1. The van der Waals surface area contributed by atoms with Crippen LogP contribution < -0.4 is 0 Å². The predicted molar refractivity (Wildman–Crippen MR) is 94.0 cm³/mol. The number of imide groups is 1. The molecule has 3 fully saturated rings. The lowest BCUT2D eigenvalue weighted by atomic mass is 9.67. The molecule has 1 N–H and O–H groups in total. The highest BCUT2D eigenvalue weighted by Crippen LogP contribution is 2.45. The van der Waals surface area contributed by atoms with Crippen molar-refractivity contribution >= 4 is 23.6 Å². The number of Topliss-reactive ketones (excluding diaryl/α,β-unsaturated/α-hetero) is 1. The van der Waals surface area contributed by atoms with Crippen molar-refractivity contribution in [3.05, 3.63) is 0 Å². The second kappa shape index (κ2) is 7.49. The van der Waals surface area contributed by atoms with Crippen molar-refractivity contribution in [2.24, 2.45) is 35.5 Å². The van der Waals surface area contributed by atoms with E-state index in [-0.39, 0.29) is 35.4 Å². The fourth-order valence-electron chi connectivity index (χ4n) is 5.51. The van der Waals surface area contributed by atoms with E-state index in [4.69, 9.17) is 0 Å². The highest BCUT2D eigenvalue weighted by Gasteiger charge is 2.49. The molecule has 144 valence electrons. The number of aliphatic carboxylic acids is 1. The van der Waals surface area contributed by atoms with E-state index >= 15 is 0 Å². The van der Waals surface area contributed by atoms with Crippen LogP contribution in [0.3, 0.4) is 0 Å². The third kappa shape index (κ3) is 3.42. The van der Waals surface area contributed by atoms with Gasteiger partial charge in [-0.2, -0.15) is 0 Å². The van der Waals surface area contributed by atoms with Crippen LogP contribution >= 0.6 is 0 Å². The first-order chi connectivity index (χ1) is 12.3. The van der Waals surface area contributed by atoms with E-state index in [0.29, 0.717) is 31.1 Å². The lowest BCUT2D eigenvalue weighted by molar-refractivity contribution is -0.149. The van der Waals surface area contributed by atoms with Gasteiger partial charge in [-0.05, 0) is 56.8 Å². The Hall–Kier alpha value is -1.72. The topological polar surface area (TPSA) is 91.8 Å². The molecule has 2 saturated carbocycles. The standard InChI is InChI=1S/C20H29NO5/c1-3-17(22)13-6-4-12(10-16(13)20(25)26)8-11-5-7-14-15(9-11)19(24)21(2)18(14)23/h11-16H,3-10H2,1-2H3,(H,25,26). The molecule has 0 bridgehead atoms. The van der Waals surface area contributed by atoms with Crippen LogP contribution in [0.5, 0.6) is 0 Å². The zero-order valence-corrected chi connectivity index (χ0v) is 15.6. The summed E-state index contributed by atoms with van der Waals surface area (Å²) in [5.41, 5.74) is 0. The molecule has 1 saturated heterocycles. The Morgan fingerprint density at radius 1 is 0.962 bits per heavy atom. The molecular formula is C20H29NO5. The van der Waals surface area contributed by atoms with Crippen LogP contribution in [0.4, 0.5) is 0 Å². The van der Waals surface area contributed by atoms with Crippen LogP contribution in [-0.4, -0.2) is 40.6 Å². The Balaban J connectivity index is 1.60. The van der Waals surface area contributed by atoms with Crippen molar-refractivity contribution < 1.29 is 24.3 Å². The highest BCUT2D eigenvalue weighted by atomic mass is 16.4. The number of carboxylic acid groups (broad SMARTS) is 1. The van der Waals surface area contributed by atoms with Crippen molar-refractivity contribution in [1.29, 1.82) is 0 Å². The average Bonchev–Trinajstić information content (AvgIpc) is 2.85. The Morgan fingerprint density at radius 2 is 1.58 bits per heavy atom. The van der Waals surface area contributed by atoms with Crippen LogP contribution in [-0.2, 0) is 19.2 Å². The predicted octanol–water partition coefficient (Wildman–Crippen LogP) is 2.50. The molecule has 6 atom stereocenters. The number of carboxylic acids is 1. The molecule has 2 aliphatic carbocycles. The van der Waals surface area contributed by atoms with Gasteiger partial charge in [-0.15, -0.1) is 0 Å². The lowest BCUT2D eigenvalue weighted by Crippen LogP contribution is -2.36. The summed E-state index contributed by atoms with van der Waals surface area (Å²) in [6.07, 6.45) is 5.84. The lowest BCUT2D eigenvalue weighted by Gasteiger charge is -2.36. The summed E-state index contributed by atoms with van der Waals surface area (Å²) in [5.74, 6) is -1.45. The summed E-state index contributed by atoms with van der Waals surface area (Å²) in [7, 11) is 1.57. The summed E-state index contributed by atoms with van der Waals surface area (Å²) in [4.78, 5) is 49.4. The Labute approximate surface area is 154 Å². The first kappa shape index (κ1) is 19.1. The molecule has 2 amide bonds. The van der Waals surface area contributed by atoms with Gasteiger partial charge in [0.05, 0.1) is 17.8 Å². The molecule has 0 aromatic heterocycles. The fourth-order valence-corrected chi connectivity index (χ4v) is 5.51. The minimum atomic E-state index is -0.858. The maximum absolute atomic E-state index is 12.3. The van der Waals surface area contributed by atoms with Crippen LogP contribution in [0.25, 0.3) is 0 Å². The van der Waals surface area contributed by atoms with Crippen molar-refractivity contribution in [1.82, 2.24) is 4.90 Å². The Morgan fingerprint density at radius 3 is 2.23 bits per heavy atom. The number of fused-ring (bicyclic) bond motifs is 1. The summed E-state index contributed by atoms with van der Waals surface area (Å²) in [5, 5.41) is 9.55. The summed E-state index contributed by atoms with van der Waals surface area (Å²) in [6, 6.07) is 0. The van der Waals surface area contributed by atoms with E-state index in [9.17, 15) is 24.3 Å². The van der Waals surface area contributed by atoms with E-state index < -0.39 is 11.9 Å². The molecule has 6 nitrogen and oxygen atoms in total. The van der Waals surface area contributed by atoms with Crippen LogP contribution in [0.1, 0.15) is 58.3 Å². The Bertz CT molecular complexity index is 615. The molecular weight excluding hydrogens is 334 g/mol. The molecule has 0 aromatic rings. The van der Waals surface area contributed by atoms with Crippen molar-refractivity contribution in [3.63, 3.8) is 0 Å². The quantitative estimate of drug-likeness (QED) is 0.758. The van der Waals surface area contributed by atoms with E-state index in [1.807, 2.05) is 0 Å².